The monoisotopic (exact) mass is 381 g/mol. The van der Waals surface area contributed by atoms with E-state index in [1.54, 1.807) is 24.9 Å². The number of amides is 1. The van der Waals surface area contributed by atoms with Crippen molar-refractivity contribution in [2.24, 2.45) is 5.92 Å². The number of carbonyl (C=O) groups is 2. The van der Waals surface area contributed by atoms with E-state index in [0.717, 1.165) is 12.0 Å². The number of carbonyl (C=O) groups excluding carboxylic acids is 1. The number of benzene rings is 1. The van der Waals surface area contributed by atoms with Gasteiger partial charge >= 0.3 is 5.97 Å². The highest BCUT2D eigenvalue weighted by Crippen LogP contribution is 2.49. The van der Waals surface area contributed by atoms with Crippen LogP contribution in [0.2, 0.25) is 10.0 Å². The van der Waals surface area contributed by atoms with Gasteiger partial charge in [-0.3, -0.25) is 4.79 Å². The van der Waals surface area contributed by atoms with E-state index >= 15 is 0 Å². The fraction of sp³-hybridized carbons (Fsp3) is 0.333. The summed E-state index contributed by atoms with van der Waals surface area (Å²) in [6, 6.07) is 6.79. The zero-order valence-corrected chi connectivity index (χ0v) is 15.3. The third kappa shape index (κ3) is 3.83. The molecule has 7 heteroatoms. The van der Waals surface area contributed by atoms with Crippen LogP contribution in [-0.2, 0) is 11.3 Å². The lowest BCUT2D eigenvalue weighted by Gasteiger charge is -2.16. The maximum absolute atomic E-state index is 12.6. The molecule has 0 radical (unpaired) electrons. The van der Waals surface area contributed by atoms with Gasteiger partial charge in [-0.15, -0.1) is 0 Å². The number of nitrogens with zero attached hydrogens (tertiary/aromatic N) is 1. The Labute approximate surface area is 155 Å². The summed E-state index contributed by atoms with van der Waals surface area (Å²) in [5.41, 5.74) is 1.08. The SMILES string of the molecule is Cc1oc(CN(C)C(=O)C2CC2c2cc(Cl)cc(Cl)c2)cc1C(=O)O. The molecule has 2 atom stereocenters. The van der Waals surface area contributed by atoms with E-state index in [-0.39, 0.29) is 29.9 Å². The number of aromatic carboxylic acids is 1. The Balaban J connectivity index is 1.66. The molecule has 0 spiro atoms. The Morgan fingerprint density at radius 1 is 1.24 bits per heavy atom. The van der Waals surface area contributed by atoms with Crippen LogP contribution in [0.15, 0.2) is 28.7 Å². The van der Waals surface area contributed by atoms with E-state index in [0.29, 0.717) is 21.6 Å². The van der Waals surface area contributed by atoms with Crippen LogP contribution >= 0.6 is 23.2 Å². The summed E-state index contributed by atoms with van der Waals surface area (Å²) in [4.78, 5) is 25.2. The molecular weight excluding hydrogens is 365 g/mol. The summed E-state index contributed by atoms with van der Waals surface area (Å²) in [6.45, 7) is 1.82. The topological polar surface area (TPSA) is 70.8 Å². The molecule has 1 aliphatic carbocycles. The second-order valence-electron chi connectivity index (χ2n) is 6.33. The van der Waals surface area contributed by atoms with Gasteiger partial charge in [0.25, 0.3) is 0 Å². The molecule has 1 aliphatic rings. The highest BCUT2D eigenvalue weighted by Gasteiger charge is 2.45. The molecule has 132 valence electrons. The van der Waals surface area contributed by atoms with Gasteiger partial charge in [0.2, 0.25) is 5.91 Å². The number of rotatable bonds is 5. The first-order chi connectivity index (χ1) is 11.8. The minimum Gasteiger partial charge on any atom is -0.478 e. The van der Waals surface area contributed by atoms with Crippen molar-refractivity contribution in [2.75, 3.05) is 7.05 Å². The van der Waals surface area contributed by atoms with Crippen LogP contribution in [0.1, 0.15) is 39.8 Å². The highest BCUT2D eigenvalue weighted by atomic mass is 35.5. The quantitative estimate of drug-likeness (QED) is 0.835. The smallest absolute Gasteiger partial charge is 0.339 e. The van der Waals surface area contributed by atoms with Gasteiger partial charge in [-0.25, -0.2) is 4.79 Å². The first-order valence-electron chi connectivity index (χ1n) is 7.80. The molecule has 2 aromatic rings. The van der Waals surface area contributed by atoms with Crippen molar-refractivity contribution in [3.05, 3.63) is 57.0 Å². The standard InChI is InChI=1S/C18H17Cl2NO4/c1-9-14(18(23)24)6-13(25-9)8-21(2)17(22)16-7-15(16)10-3-11(19)5-12(20)4-10/h3-6,15-16H,7-8H2,1-2H3,(H,23,24). The number of hydrogen-bond acceptors (Lipinski definition) is 3. The van der Waals surface area contributed by atoms with Crippen LogP contribution in [0.4, 0.5) is 0 Å². The lowest BCUT2D eigenvalue weighted by atomic mass is 10.1. The number of hydrogen-bond donors (Lipinski definition) is 1. The van der Waals surface area contributed by atoms with E-state index in [1.807, 2.05) is 12.1 Å². The Morgan fingerprint density at radius 2 is 1.88 bits per heavy atom. The number of aryl methyl sites for hydroxylation is 1. The number of furan rings is 1. The molecule has 5 nitrogen and oxygen atoms in total. The summed E-state index contributed by atoms with van der Waals surface area (Å²) in [6.07, 6.45) is 0.747. The van der Waals surface area contributed by atoms with Crippen molar-refractivity contribution in [3.8, 4) is 0 Å². The third-order valence-corrected chi connectivity index (χ3v) is 4.83. The normalized spacial score (nSPS) is 18.9. The predicted molar refractivity (Wildman–Crippen MR) is 94.2 cm³/mol. The van der Waals surface area contributed by atoms with Crippen molar-refractivity contribution in [1.82, 2.24) is 4.90 Å². The first-order valence-corrected chi connectivity index (χ1v) is 8.55. The van der Waals surface area contributed by atoms with E-state index in [9.17, 15) is 9.59 Å². The van der Waals surface area contributed by atoms with Gasteiger partial charge in [0.1, 0.15) is 17.1 Å². The molecule has 1 N–H and O–H groups in total. The summed E-state index contributed by atoms with van der Waals surface area (Å²) in [5, 5.41) is 10.2. The van der Waals surface area contributed by atoms with Crippen LogP contribution in [0.3, 0.4) is 0 Å². The number of carboxylic acids is 1. The van der Waals surface area contributed by atoms with Gasteiger partial charge in [0.15, 0.2) is 0 Å². The van der Waals surface area contributed by atoms with Crippen LogP contribution in [0.25, 0.3) is 0 Å². The van der Waals surface area contributed by atoms with Gasteiger partial charge in [0.05, 0.1) is 6.54 Å². The molecule has 1 heterocycles. The minimum atomic E-state index is -1.04. The van der Waals surface area contributed by atoms with Gasteiger partial charge in [-0.05, 0) is 49.1 Å². The Morgan fingerprint density at radius 3 is 2.44 bits per heavy atom. The lowest BCUT2D eigenvalue weighted by molar-refractivity contribution is -0.132. The molecule has 1 amide bonds. The molecule has 25 heavy (non-hydrogen) atoms. The maximum atomic E-state index is 12.6. The van der Waals surface area contributed by atoms with Gasteiger partial charge in [0, 0.05) is 23.0 Å². The fourth-order valence-electron chi connectivity index (χ4n) is 3.05. The molecule has 0 aliphatic heterocycles. The van der Waals surface area contributed by atoms with E-state index in [2.05, 4.69) is 0 Å². The number of carboxylic acid groups (broad SMARTS) is 1. The largest absolute Gasteiger partial charge is 0.478 e. The molecule has 1 aromatic heterocycles. The van der Waals surface area contributed by atoms with Crippen LogP contribution < -0.4 is 0 Å². The first kappa shape index (κ1) is 17.8. The van der Waals surface area contributed by atoms with Crippen molar-refractivity contribution in [2.45, 2.75) is 25.8 Å². The Kier molecular flexibility index (Phi) is 4.80. The van der Waals surface area contributed by atoms with E-state index in [4.69, 9.17) is 32.7 Å². The fourth-order valence-corrected chi connectivity index (χ4v) is 3.60. The van der Waals surface area contributed by atoms with E-state index in [1.165, 1.54) is 6.07 Å². The third-order valence-electron chi connectivity index (χ3n) is 4.39. The van der Waals surface area contributed by atoms with Crippen LogP contribution in [0.5, 0.6) is 0 Å². The maximum Gasteiger partial charge on any atom is 0.339 e. The van der Waals surface area contributed by atoms with Crippen LogP contribution in [-0.4, -0.2) is 28.9 Å². The van der Waals surface area contributed by atoms with Crippen molar-refractivity contribution in [3.63, 3.8) is 0 Å². The molecule has 0 saturated heterocycles. The van der Waals surface area contributed by atoms with Crippen molar-refractivity contribution in [1.29, 1.82) is 0 Å². The average Bonchev–Trinajstić information content (AvgIpc) is 3.23. The Bertz CT molecular complexity index is 825. The van der Waals surface area contributed by atoms with Gasteiger partial charge < -0.3 is 14.4 Å². The lowest BCUT2D eigenvalue weighted by Crippen LogP contribution is -2.27. The summed E-state index contributed by atoms with van der Waals surface area (Å²) >= 11 is 12.0. The molecular formula is C18H17Cl2NO4. The molecule has 1 aromatic carbocycles. The van der Waals surface area contributed by atoms with Gasteiger partial charge in [-0.1, -0.05) is 23.2 Å². The summed E-state index contributed by atoms with van der Waals surface area (Å²) in [5.74, 6) is -0.267. The molecule has 1 fully saturated rings. The molecule has 2 unspecified atom stereocenters. The second-order valence-corrected chi connectivity index (χ2v) is 7.21. The minimum absolute atomic E-state index is 0.00738. The van der Waals surface area contributed by atoms with Crippen LogP contribution in [0, 0.1) is 12.8 Å². The molecule has 1 saturated carbocycles. The summed E-state index contributed by atoms with van der Waals surface area (Å²) < 4.78 is 5.43. The van der Waals surface area contributed by atoms with Crippen molar-refractivity contribution < 1.29 is 19.1 Å². The average molecular weight is 382 g/mol. The highest BCUT2D eigenvalue weighted by molar-refractivity contribution is 6.34. The van der Waals surface area contributed by atoms with E-state index < -0.39 is 5.97 Å². The van der Waals surface area contributed by atoms with Crippen molar-refractivity contribution >= 4 is 35.1 Å². The Hall–Kier alpha value is -1.98. The second kappa shape index (κ2) is 6.73. The zero-order valence-electron chi connectivity index (χ0n) is 13.8. The van der Waals surface area contributed by atoms with Gasteiger partial charge in [-0.2, -0.15) is 0 Å². The predicted octanol–water partition coefficient (Wildman–Crippen LogP) is 4.36. The summed E-state index contributed by atoms with van der Waals surface area (Å²) in [7, 11) is 1.68. The molecule has 0 bridgehead atoms. The number of halogens is 2. The zero-order chi connectivity index (χ0) is 18.3. The molecule has 3 rings (SSSR count).